The third-order valence-corrected chi connectivity index (χ3v) is 4.78. The van der Waals surface area contributed by atoms with Crippen LogP contribution in [0.5, 0.6) is 0 Å². The van der Waals surface area contributed by atoms with Crippen LogP contribution in [-0.2, 0) is 4.74 Å². The minimum absolute atomic E-state index is 0.137. The molecule has 0 aromatic heterocycles. The van der Waals surface area contributed by atoms with Crippen molar-refractivity contribution in [2.75, 3.05) is 7.11 Å². The lowest BCUT2D eigenvalue weighted by atomic mass is 9.51. The molecule has 0 aromatic carbocycles. The molecule has 4 fully saturated rings. The van der Waals surface area contributed by atoms with Crippen molar-refractivity contribution in [1.29, 1.82) is 0 Å². The lowest BCUT2D eigenvalue weighted by molar-refractivity contribution is -0.245. The molecule has 2 N–H and O–H groups in total. The standard InChI is InChI=1S/C11H18O3/c1-14-11-4-7-2-6(10(11)13)3-8(5-11)9(7)12/h6-10,12-13H,2-5H2,1H3. The van der Waals surface area contributed by atoms with Crippen LogP contribution in [0.4, 0.5) is 0 Å². The van der Waals surface area contributed by atoms with Gasteiger partial charge in [-0.3, -0.25) is 0 Å². The largest absolute Gasteiger partial charge is 0.393 e. The molecule has 0 spiro atoms. The van der Waals surface area contributed by atoms with Crippen molar-refractivity contribution in [1.82, 2.24) is 0 Å². The zero-order chi connectivity index (χ0) is 9.92. The summed E-state index contributed by atoms with van der Waals surface area (Å²) in [7, 11) is 1.70. The molecule has 4 saturated carbocycles. The number of aliphatic hydroxyl groups is 2. The predicted molar refractivity (Wildman–Crippen MR) is 50.7 cm³/mol. The van der Waals surface area contributed by atoms with E-state index in [1.54, 1.807) is 7.11 Å². The van der Waals surface area contributed by atoms with Crippen molar-refractivity contribution in [2.45, 2.75) is 43.5 Å². The van der Waals surface area contributed by atoms with Crippen molar-refractivity contribution in [3.63, 3.8) is 0 Å². The predicted octanol–water partition coefficient (Wildman–Crippen LogP) is 0.543. The molecular formula is C11H18O3. The van der Waals surface area contributed by atoms with Crippen molar-refractivity contribution in [2.24, 2.45) is 17.8 Å². The summed E-state index contributed by atoms with van der Waals surface area (Å²) >= 11 is 0. The second kappa shape index (κ2) is 2.71. The molecule has 14 heavy (non-hydrogen) atoms. The molecule has 3 heteroatoms. The molecule has 0 saturated heterocycles. The molecule has 0 amide bonds. The van der Waals surface area contributed by atoms with Crippen LogP contribution in [0.1, 0.15) is 25.7 Å². The average Bonchev–Trinajstić information content (AvgIpc) is 2.16. The molecule has 4 rings (SSSR count). The molecule has 0 radical (unpaired) electrons. The van der Waals surface area contributed by atoms with Crippen molar-refractivity contribution in [3.8, 4) is 0 Å². The zero-order valence-corrected chi connectivity index (χ0v) is 8.52. The van der Waals surface area contributed by atoms with Gasteiger partial charge in [0.05, 0.1) is 17.8 Å². The monoisotopic (exact) mass is 198 g/mol. The Morgan fingerprint density at radius 1 is 1.07 bits per heavy atom. The Bertz CT molecular complexity index is 237. The van der Waals surface area contributed by atoms with Gasteiger partial charge in [0.15, 0.2) is 0 Å². The van der Waals surface area contributed by atoms with Gasteiger partial charge in [-0.2, -0.15) is 0 Å². The molecule has 4 aliphatic carbocycles. The molecule has 4 bridgehead atoms. The summed E-state index contributed by atoms with van der Waals surface area (Å²) < 4.78 is 5.55. The van der Waals surface area contributed by atoms with Crippen LogP contribution in [-0.4, -0.2) is 35.1 Å². The number of hydrogen-bond donors (Lipinski definition) is 2. The van der Waals surface area contributed by atoms with E-state index in [0.29, 0.717) is 17.8 Å². The average molecular weight is 198 g/mol. The van der Waals surface area contributed by atoms with Crippen LogP contribution in [0.25, 0.3) is 0 Å². The van der Waals surface area contributed by atoms with E-state index in [0.717, 1.165) is 25.7 Å². The zero-order valence-electron chi connectivity index (χ0n) is 8.52. The first-order valence-corrected chi connectivity index (χ1v) is 5.57. The molecule has 4 aliphatic rings. The van der Waals surface area contributed by atoms with Crippen molar-refractivity contribution < 1.29 is 14.9 Å². The first-order valence-electron chi connectivity index (χ1n) is 5.57. The highest BCUT2D eigenvalue weighted by molar-refractivity contribution is 5.11. The number of hydrogen-bond acceptors (Lipinski definition) is 3. The highest BCUT2D eigenvalue weighted by Gasteiger charge is 2.60. The molecule has 0 aliphatic heterocycles. The summed E-state index contributed by atoms with van der Waals surface area (Å²) in [4.78, 5) is 0. The molecule has 0 heterocycles. The summed E-state index contributed by atoms with van der Waals surface area (Å²) in [6.45, 7) is 0. The van der Waals surface area contributed by atoms with Gasteiger partial charge in [0, 0.05) is 7.11 Å². The van der Waals surface area contributed by atoms with Gasteiger partial charge < -0.3 is 14.9 Å². The quantitative estimate of drug-likeness (QED) is 0.646. The Hall–Kier alpha value is -0.120. The van der Waals surface area contributed by atoms with Crippen LogP contribution in [0.2, 0.25) is 0 Å². The van der Waals surface area contributed by atoms with E-state index in [4.69, 9.17) is 4.74 Å². The van der Waals surface area contributed by atoms with Crippen LogP contribution < -0.4 is 0 Å². The highest BCUT2D eigenvalue weighted by Crippen LogP contribution is 2.56. The SMILES string of the molecule is COC12CC3CC(CC(C1)C3O)C2O. The fourth-order valence-electron chi connectivity index (χ4n) is 4.13. The van der Waals surface area contributed by atoms with E-state index in [2.05, 4.69) is 0 Å². The Balaban J connectivity index is 1.96. The Labute approximate surface area is 84.1 Å². The van der Waals surface area contributed by atoms with Crippen LogP contribution >= 0.6 is 0 Å². The minimum atomic E-state index is -0.324. The van der Waals surface area contributed by atoms with Crippen LogP contribution in [0, 0.1) is 17.8 Å². The van der Waals surface area contributed by atoms with Crippen molar-refractivity contribution >= 4 is 0 Å². The van der Waals surface area contributed by atoms with Crippen molar-refractivity contribution in [3.05, 3.63) is 0 Å². The molecular weight excluding hydrogens is 180 g/mol. The van der Waals surface area contributed by atoms with Gasteiger partial charge in [-0.1, -0.05) is 0 Å². The van der Waals surface area contributed by atoms with E-state index >= 15 is 0 Å². The third kappa shape index (κ3) is 0.930. The van der Waals surface area contributed by atoms with Gasteiger partial charge in [0.25, 0.3) is 0 Å². The second-order valence-corrected chi connectivity index (χ2v) is 5.36. The smallest absolute Gasteiger partial charge is 0.0946 e. The highest BCUT2D eigenvalue weighted by atomic mass is 16.5. The van der Waals surface area contributed by atoms with Gasteiger partial charge in [-0.15, -0.1) is 0 Å². The lowest BCUT2D eigenvalue weighted by Gasteiger charge is -2.60. The van der Waals surface area contributed by atoms with Crippen LogP contribution in [0.15, 0.2) is 0 Å². The van der Waals surface area contributed by atoms with Gasteiger partial charge in [0.2, 0.25) is 0 Å². The first-order chi connectivity index (χ1) is 6.66. The van der Waals surface area contributed by atoms with Crippen LogP contribution in [0.3, 0.4) is 0 Å². The number of methoxy groups -OCH3 is 1. The van der Waals surface area contributed by atoms with Gasteiger partial charge in [-0.05, 0) is 43.4 Å². The first kappa shape index (κ1) is 9.13. The fourth-order valence-corrected chi connectivity index (χ4v) is 4.13. The molecule has 3 atom stereocenters. The number of aliphatic hydroxyl groups excluding tert-OH is 2. The molecule has 80 valence electrons. The van der Waals surface area contributed by atoms with E-state index in [9.17, 15) is 10.2 Å². The topological polar surface area (TPSA) is 49.7 Å². The summed E-state index contributed by atoms with van der Waals surface area (Å²) in [5.74, 6) is 1.11. The number of rotatable bonds is 1. The van der Waals surface area contributed by atoms with Gasteiger partial charge in [-0.25, -0.2) is 0 Å². The Kier molecular flexibility index (Phi) is 1.77. The lowest BCUT2D eigenvalue weighted by Crippen LogP contribution is -2.65. The number of ether oxygens (including phenoxy) is 1. The summed E-state index contributed by atoms with van der Waals surface area (Å²) in [6.07, 6.45) is 3.24. The van der Waals surface area contributed by atoms with E-state index in [-0.39, 0.29) is 17.8 Å². The molecule has 3 unspecified atom stereocenters. The minimum Gasteiger partial charge on any atom is -0.393 e. The Morgan fingerprint density at radius 2 is 1.64 bits per heavy atom. The maximum Gasteiger partial charge on any atom is 0.0946 e. The Morgan fingerprint density at radius 3 is 2.14 bits per heavy atom. The molecule has 0 aromatic rings. The van der Waals surface area contributed by atoms with E-state index in [1.807, 2.05) is 0 Å². The third-order valence-electron chi connectivity index (χ3n) is 4.78. The fraction of sp³-hybridized carbons (Fsp3) is 1.00. The van der Waals surface area contributed by atoms with E-state index in [1.165, 1.54) is 0 Å². The normalized spacial score (nSPS) is 60.6. The second-order valence-electron chi connectivity index (χ2n) is 5.36. The maximum absolute atomic E-state index is 10.2. The summed E-state index contributed by atoms with van der Waals surface area (Å²) in [5, 5.41) is 20.1. The summed E-state index contributed by atoms with van der Waals surface area (Å²) in [5.41, 5.74) is -0.324. The van der Waals surface area contributed by atoms with Gasteiger partial charge >= 0.3 is 0 Å². The maximum atomic E-state index is 10.2. The van der Waals surface area contributed by atoms with E-state index < -0.39 is 0 Å². The molecule has 3 nitrogen and oxygen atoms in total. The summed E-state index contributed by atoms with van der Waals surface area (Å²) in [6, 6.07) is 0. The van der Waals surface area contributed by atoms with Gasteiger partial charge in [0.1, 0.15) is 0 Å².